The number of halogens is 1. The molecule has 1 saturated heterocycles. The predicted octanol–water partition coefficient (Wildman–Crippen LogP) is 4.33. The Kier molecular flexibility index (Phi) is 7.76. The Morgan fingerprint density at radius 1 is 1.03 bits per heavy atom. The highest BCUT2D eigenvalue weighted by molar-refractivity contribution is 9.10. The molecule has 0 unspecified atom stereocenters. The van der Waals surface area contributed by atoms with Crippen LogP contribution in [0, 0.1) is 13.8 Å². The summed E-state index contributed by atoms with van der Waals surface area (Å²) >= 11 is 4.10. The summed E-state index contributed by atoms with van der Waals surface area (Å²) < 4.78 is 28.5. The van der Waals surface area contributed by atoms with Crippen molar-refractivity contribution < 1.29 is 22.8 Å². The Hall–Kier alpha value is -3.55. The second kappa shape index (κ2) is 10.8. The summed E-state index contributed by atoms with van der Waals surface area (Å²) in [5.41, 5.74) is 2.27. The van der Waals surface area contributed by atoms with Crippen LogP contribution in [0.2, 0.25) is 0 Å². The van der Waals surface area contributed by atoms with Gasteiger partial charge in [-0.25, -0.2) is 23.1 Å². The normalized spacial score (nSPS) is 14.8. The number of nitrogens with zero attached hydrogens (tertiary/aromatic N) is 3. The lowest BCUT2D eigenvalue weighted by Gasteiger charge is -2.13. The zero-order valence-corrected chi connectivity index (χ0v) is 22.8. The van der Waals surface area contributed by atoms with E-state index in [1.165, 1.54) is 24.3 Å². The van der Waals surface area contributed by atoms with Gasteiger partial charge < -0.3 is 5.32 Å². The summed E-state index contributed by atoms with van der Waals surface area (Å²) in [7, 11) is -3.96. The molecule has 0 bridgehead atoms. The van der Waals surface area contributed by atoms with Crippen molar-refractivity contribution >= 4 is 72.5 Å². The minimum absolute atomic E-state index is 0.0405. The van der Waals surface area contributed by atoms with Gasteiger partial charge in [0.1, 0.15) is 6.54 Å². The van der Waals surface area contributed by atoms with E-state index in [0.717, 1.165) is 26.7 Å². The van der Waals surface area contributed by atoms with Gasteiger partial charge in [-0.1, -0.05) is 28.1 Å². The minimum atomic E-state index is -3.96. The number of anilines is 2. The summed E-state index contributed by atoms with van der Waals surface area (Å²) in [4.78, 5) is 46.7. The molecule has 37 heavy (non-hydrogen) atoms. The standard InChI is InChI=1S/C24H20BrN5O5S2/c1-14-11-15(2)27-23(26-14)29-37(34,35)19-9-7-18(8-10-19)28-21(31)13-30-22(32)20(36-24(30)33)12-16-3-5-17(25)6-4-16/h3-12H,13H2,1-2H3,(H,28,31)(H,26,27,29)/b20-12-. The summed E-state index contributed by atoms with van der Waals surface area (Å²) in [6.45, 7) is 2.98. The van der Waals surface area contributed by atoms with Gasteiger partial charge in [0.05, 0.1) is 9.80 Å². The van der Waals surface area contributed by atoms with Crippen LogP contribution in [0.5, 0.6) is 0 Å². The Labute approximate surface area is 225 Å². The maximum atomic E-state index is 12.7. The molecule has 3 aromatic rings. The molecule has 0 spiro atoms. The van der Waals surface area contributed by atoms with Gasteiger partial charge in [-0.05, 0) is 79.7 Å². The monoisotopic (exact) mass is 601 g/mol. The Balaban J connectivity index is 1.39. The summed E-state index contributed by atoms with van der Waals surface area (Å²) in [5, 5.41) is 2.01. The zero-order valence-electron chi connectivity index (χ0n) is 19.6. The van der Waals surface area contributed by atoms with E-state index in [1.807, 2.05) is 12.1 Å². The molecule has 0 radical (unpaired) electrons. The average Bonchev–Trinajstić information content (AvgIpc) is 3.07. The molecular formula is C24H20BrN5O5S2. The SMILES string of the molecule is Cc1cc(C)nc(NS(=O)(=O)c2ccc(NC(=O)CN3C(=O)S/C(=C\c4ccc(Br)cc4)C3=O)cc2)n1. The fourth-order valence-corrected chi connectivity index (χ4v) is 5.41. The number of amides is 3. The van der Waals surface area contributed by atoms with Crippen molar-refractivity contribution in [2.24, 2.45) is 0 Å². The smallest absolute Gasteiger partial charge is 0.294 e. The van der Waals surface area contributed by atoms with Gasteiger partial charge in [-0.3, -0.25) is 19.3 Å². The van der Waals surface area contributed by atoms with E-state index in [-0.39, 0.29) is 15.7 Å². The maximum Gasteiger partial charge on any atom is 0.294 e. The van der Waals surface area contributed by atoms with E-state index in [4.69, 9.17) is 0 Å². The molecule has 4 rings (SSSR count). The lowest BCUT2D eigenvalue weighted by Crippen LogP contribution is -2.36. The quantitative estimate of drug-likeness (QED) is 0.381. The first-order valence-corrected chi connectivity index (χ1v) is 13.9. The van der Waals surface area contributed by atoms with Crippen LogP contribution in [0.25, 0.3) is 6.08 Å². The molecule has 1 fully saturated rings. The zero-order chi connectivity index (χ0) is 26.7. The maximum absolute atomic E-state index is 12.7. The first-order chi connectivity index (χ1) is 17.5. The molecule has 1 aliphatic rings. The Morgan fingerprint density at radius 2 is 1.65 bits per heavy atom. The number of thioether (sulfide) groups is 1. The number of carbonyl (C=O) groups excluding carboxylic acids is 3. The molecule has 1 aromatic heterocycles. The molecule has 3 amide bonds. The highest BCUT2D eigenvalue weighted by Crippen LogP contribution is 2.32. The van der Waals surface area contributed by atoms with Gasteiger partial charge in [0.25, 0.3) is 21.2 Å². The number of nitrogens with one attached hydrogen (secondary N) is 2. The third-order valence-corrected chi connectivity index (χ3v) is 7.78. The van der Waals surface area contributed by atoms with E-state index >= 15 is 0 Å². The van der Waals surface area contributed by atoms with Crippen LogP contribution in [-0.4, -0.2) is 46.9 Å². The molecule has 0 saturated carbocycles. The molecule has 2 heterocycles. The lowest BCUT2D eigenvalue weighted by molar-refractivity contribution is -0.127. The lowest BCUT2D eigenvalue weighted by atomic mass is 10.2. The van der Waals surface area contributed by atoms with Gasteiger partial charge in [-0.2, -0.15) is 0 Å². The number of sulfonamides is 1. The number of imide groups is 1. The van der Waals surface area contributed by atoms with Gasteiger partial charge >= 0.3 is 0 Å². The van der Waals surface area contributed by atoms with E-state index in [9.17, 15) is 22.8 Å². The second-order valence-corrected chi connectivity index (χ2v) is 11.6. The van der Waals surface area contributed by atoms with Crippen molar-refractivity contribution in [1.82, 2.24) is 14.9 Å². The third-order valence-electron chi connectivity index (χ3n) is 5.00. The number of rotatable bonds is 7. The highest BCUT2D eigenvalue weighted by atomic mass is 79.9. The number of hydrogen-bond donors (Lipinski definition) is 2. The van der Waals surface area contributed by atoms with Crippen molar-refractivity contribution in [2.75, 3.05) is 16.6 Å². The van der Waals surface area contributed by atoms with Crippen LogP contribution in [0.4, 0.5) is 16.4 Å². The number of carbonyl (C=O) groups is 3. The molecule has 2 N–H and O–H groups in total. The average molecular weight is 602 g/mol. The molecule has 10 nitrogen and oxygen atoms in total. The molecule has 13 heteroatoms. The number of hydrogen-bond acceptors (Lipinski definition) is 8. The van der Waals surface area contributed by atoms with Crippen molar-refractivity contribution in [3.63, 3.8) is 0 Å². The number of aromatic nitrogens is 2. The third kappa shape index (κ3) is 6.61. The van der Waals surface area contributed by atoms with Crippen molar-refractivity contribution in [3.8, 4) is 0 Å². The van der Waals surface area contributed by atoms with Gasteiger partial charge in [0, 0.05) is 21.5 Å². The van der Waals surface area contributed by atoms with Crippen LogP contribution in [-0.2, 0) is 19.6 Å². The molecule has 0 aliphatic carbocycles. The molecule has 1 aliphatic heterocycles. The van der Waals surface area contributed by atoms with Crippen LogP contribution >= 0.6 is 27.7 Å². The minimum Gasteiger partial charge on any atom is -0.325 e. The summed E-state index contributed by atoms with van der Waals surface area (Å²) in [6, 6.07) is 14.3. The first kappa shape index (κ1) is 26.5. The molecular weight excluding hydrogens is 582 g/mol. The molecule has 0 atom stereocenters. The fraction of sp³-hybridized carbons (Fsp3) is 0.125. The van der Waals surface area contributed by atoms with Crippen molar-refractivity contribution in [1.29, 1.82) is 0 Å². The number of aryl methyl sites for hydroxylation is 2. The molecule has 190 valence electrons. The number of benzene rings is 2. The highest BCUT2D eigenvalue weighted by Gasteiger charge is 2.36. The van der Waals surface area contributed by atoms with E-state index < -0.39 is 33.6 Å². The van der Waals surface area contributed by atoms with Gasteiger partial charge in [0.2, 0.25) is 11.9 Å². The second-order valence-electron chi connectivity index (χ2n) is 7.97. The van der Waals surface area contributed by atoms with Crippen LogP contribution in [0.15, 0.2) is 68.9 Å². The van der Waals surface area contributed by atoms with Gasteiger partial charge in [0.15, 0.2) is 0 Å². The van der Waals surface area contributed by atoms with Crippen LogP contribution < -0.4 is 10.0 Å². The van der Waals surface area contributed by atoms with Crippen molar-refractivity contribution in [2.45, 2.75) is 18.7 Å². The van der Waals surface area contributed by atoms with Gasteiger partial charge in [-0.15, -0.1) is 0 Å². The summed E-state index contributed by atoms with van der Waals surface area (Å²) in [5.74, 6) is -1.21. The van der Waals surface area contributed by atoms with Crippen LogP contribution in [0.1, 0.15) is 17.0 Å². The Bertz CT molecular complexity index is 1500. The van der Waals surface area contributed by atoms with Crippen LogP contribution in [0.3, 0.4) is 0 Å². The van der Waals surface area contributed by atoms with E-state index in [0.29, 0.717) is 17.1 Å². The largest absolute Gasteiger partial charge is 0.325 e. The molecule has 2 aromatic carbocycles. The summed E-state index contributed by atoms with van der Waals surface area (Å²) in [6.07, 6.45) is 1.59. The van der Waals surface area contributed by atoms with E-state index in [2.05, 4.69) is 35.9 Å². The predicted molar refractivity (Wildman–Crippen MR) is 144 cm³/mol. The first-order valence-electron chi connectivity index (χ1n) is 10.8. The van der Waals surface area contributed by atoms with E-state index in [1.54, 1.807) is 38.1 Å². The Morgan fingerprint density at radius 3 is 2.27 bits per heavy atom. The van der Waals surface area contributed by atoms with Crippen molar-refractivity contribution in [3.05, 3.63) is 80.9 Å². The fourth-order valence-electron chi connectivity index (χ4n) is 3.36. The topological polar surface area (TPSA) is 138 Å².